The lowest BCUT2D eigenvalue weighted by atomic mass is 10.1. The fraction of sp³-hybridized carbons (Fsp3) is 0.231. The predicted octanol–water partition coefficient (Wildman–Crippen LogP) is 2.19. The number of anilines is 1. The van der Waals surface area contributed by atoms with Gasteiger partial charge in [0.25, 0.3) is 0 Å². The van der Waals surface area contributed by atoms with E-state index in [1.165, 1.54) is 7.11 Å². The number of hydrogen-bond donors (Lipinski definition) is 0. The molecular weight excluding hydrogens is 232 g/mol. The first kappa shape index (κ1) is 12.2. The van der Waals surface area contributed by atoms with Crippen LogP contribution in [0.3, 0.4) is 0 Å². The third-order valence-corrected chi connectivity index (χ3v) is 2.58. The number of rotatable bonds is 3. The molecule has 0 bridgehead atoms. The maximum atomic E-state index is 11.2. The summed E-state index contributed by atoms with van der Waals surface area (Å²) in [5.41, 5.74) is 2.59. The van der Waals surface area contributed by atoms with Crippen LogP contribution in [0.5, 0.6) is 0 Å². The number of hydrogen-bond acceptors (Lipinski definition) is 5. The van der Waals surface area contributed by atoms with Gasteiger partial charge < -0.3 is 14.2 Å². The van der Waals surface area contributed by atoms with Crippen LogP contribution in [0.4, 0.5) is 5.69 Å². The second-order valence-corrected chi connectivity index (χ2v) is 4.01. The number of benzene rings is 1. The Morgan fingerprint density at radius 3 is 2.50 bits per heavy atom. The molecule has 0 unspecified atom stereocenters. The summed E-state index contributed by atoms with van der Waals surface area (Å²) in [7, 11) is 5.25. The molecule has 2 aromatic rings. The van der Waals surface area contributed by atoms with Gasteiger partial charge in [0.05, 0.1) is 7.11 Å². The van der Waals surface area contributed by atoms with Gasteiger partial charge in [-0.2, -0.15) is 0 Å². The Balaban J connectivity index is 2.26. The summed E-state index contributed by atoms with van der Waals surface area (Å²) in [5.74, 6) is -0.428. The van der Waals surface area contributed by atoms with Gasteiger partial charge in [0.1, 0.15) is 5.69 Å². The number of nitrogens with zero attached hydrogens (tertiary/aromatic N) is 2. The molecule has 2 rings (SSSR count). The van der Waals surface area contributed by atoms with E-state index in [0.29, 0.717) is 5.69 Å². The molecular formula is C13H14N2O3. The van der Waals surface area contributed by atoms with Crippen molar-refractivity contribution in [2.24, 2.45) is 0 Å². The Hall–Kier alpha value is -2.30. The Labute approximate surface area is 105 Å². The number of aromatic nitrogens is 1. The quantitative estimate of drug-likeness (QED) is 0.777. The van der Waals surface area contributed by atoms with E-state index in [1.54, 1.807) is 6.07 Å². The van der Waals surface area contributed by atoms with Gasteiger partial charge in [-0.25, -0.2) is 4.79 Å². The molecule has 0 aliphatic carbocycles. The van der Waals surface area contributed by atoms with Crippen molar-refractivity contribution < 1.29 is 14.1 Å². The number of methoxy groups -OCH3 is 1. The van der Waals surface area contributed by atoms with Crippen molar-refractivity contribution in [3.63, 3.8) is 0 Å². The average Bonchev–Trinajstić information content (AvgIpc) is 2.87. The molecule has 0 radical (unpaired) electrons. The molecule has 94 valence electrons. The Kier molecular flexibility index (Phi) is 3.32. The minimum absolute atomic E-state index is 0.101. The number of esters is 1. The molecule has 0 aliphatic heterocycles. The topological polar surface area (TPSA) is 55.6 Å². The first-order valence-electron chi connectivity index (χ1n) is 5.44. The summed E-state index contributed by atoms with van der Waals surface area (Å²) in [6, 6.07) is 9.36. The van der Waals surface area contributed by atoms with E-state index in [9.17, 15) is 4.79 Å². The average molecular weight is 246 g/mol. The predicted molar refractivity (Wildman–Crippen MR) is 67.6 cm³/mol. The van der Waals surface area contributed by atoms with Gasteiger partial charge in [-0.15, -0.1) is 0 Å². The molecule has 0 spiro atoms. The molecule has 1 aromatic carbocycles. The lowest BCUT2D eigenvalue weighted by Crippen LogP contribution is -2.07. The molecule has 0 aliphatic rings. The molecule has 18 heavy (non-hydrogen) atoms. The first-order valence-corrected chi connectivity index (χ1v) is 5.44. The Bertz CT molecular complexity index is 544. The molecule has 0 N–H and O–H groups in total. The van der Waals surface area contributed by atoms with Crippen molar-refractivity contribution in [1.82, 2.24) is 5.16 Å². The van der Waals surface area contributed by atoms with Crippen molar-refractivity contribution in [3.05, 3.63) is 36.1 Å². The SMILES string of the molecule is COC(=O)c1cc(-c2ccc(N(C)C)cc2)no1. The van der Waals surface area contributed by atoms with E-state index >= 15 is 0 Å². The summed E-state index contributed by atoms with van der Waals surface area (Å²) < 4.78 is 9.47. The smallest absolute Gasteiger partial charge is 0.376 e. The van der Waals surface area contributed by atoms with Crippen LogP contribution < -0.4 is 4.90 Å². The van der Waals surface area contributed by atoms with Crippen molar-refractivity contribution >= 4 is 11.7 Å². The van der Waals surface area contributed by atoms with Crippen LogP contribution in [0, 0.1) is 0 Å². The number of ether oxygens (including phenoxy) is 1. The highest BCUT2D eigenvalue weighted by molar-refractivity contribution is 5.87. The minimum Gasteiger partial charge on any atom is -0.463 e. The molecule has 0 atom stereocenters. The lowest BCUT2D eigenvalue weighted by molar-refractivity contribution is 0.0554. The molecule has 0 amide bonds. The first-order chi connectivity index (χ1) is 8.61. The van der Waals surface area contributed by atoms with Crippen molar-refractivity contribution in [1.29, 1.82) is 0 Å². The maximum Gasteiger partial charge on any atom is 0.376 e. The molecule has 0 saturated heterocycles. The van der Waals surface area contributed by atoms with Gasteiger partial charge in [-0.3, -0.25) is 0 Å². The molecule has 0 saturated carbocycles. The van der Waals surface area contributed by atoms with Crippen molar-refractivity contribution in [3.8, 4) is 11.3 Å². The van der Waals surface area contributed by atoms with Gasteiger partial charge in [0.2, 0.25) is 5.76 Å². The highest BCUT2D eigenvalue weighted by Gasteiger charge is 2.13. The monoisotopic (exact) mass is 246 g/mol. The molecule has 1 heterocycles. The van der Waals surface area contributed by atoms with E-state index in [-0.39, 0.29) is 5.76 Å². The highest BCUT2D eigenvalue weighted by Crippen LogP contribution is 2.22. The van der Waals surface area contributed by atoms with Crippen LogP contribution in [-0.4, -0.2) is 32.3 Å². The second kappa shape index (κ2) is 4.91. The van der Waals surface area contributed by atoms with Gasteiger partial charge >= 0.3 is 5.97 Å². The summed E-state index contributed by atoms with van der Waals surface area (Å²) >= 11 is 0. The molecule has 1 aromatic heterocycles. The zero-order valence-corrected chi connectivity index (χ0v) is 10.5. The fourth-order valence-electron chi connectivity index (χ4n) is 1.54. The third-order valence-electron chi connectivity index (χ3n) is 2.58. The zero-order valence-electron chi connectivity index (χ0n) is 10.5. The van der Waals surface area contributed by atoms with E-state index < -0.39 is 5.97 Å². The van der Waals surface area contributed by atoms with E-state index in [0.717, 1.165) is 11.3 Å². The van der Waals surface area contributed by atoms with Gasteiger partial charge in [-0.05, 0) is 12.1 Å². The van der Waals surface area contributed by atoms with Crippen LogP contribution in [-0.2, 0) is 4.74 Å². The number of carbonyl (C=O) groups excluding carboxylic acids is 1. The molecule has 5 nitrogen and oxygen atoms in total. The number of carbonyl (C=O) groups is 1. The maximum absolute atomic E-state index is 11.2. The standard InChI is InChI=1S/C13H14N2O3/c1-15(2)10-6-4-9(5-7-10)11-8-12(18-14-11)13(16)17-3/h4-8H,1-3H3. The van der Waals surface area contributed by atoms with E-state index in [1.807, 2.05) is 43.3 Å². The largest absolute Gasteiger partial charge is 0.463 e. The van der Waals surface area contributed by atoms with Crippen LogP contribution in [0.25, 0.3) is 11.3 Å². The minimum atomic E-state index is -0.529. The molecule has 5 heteroatoms. The van der Waals surface area contributed by atoms with E-state index in [2.05, 4.69) is 9.89 Å². The van der Waals surface area contributed by atoms with Gasteiger partial charge in [0.15, 0.2) is 0 Å². The van der Waals surface area contributed by atoms with E-state index in [4.69, 9.17) is 4.52 Å². The highest BCUT2D eigenvalue weighted by atomic mass is 16.5. The summed E-state index contributed by atoms with van der Waals surface area (Å²) in [6.45, 7) is 0. The lowest BCUT2D eigenvalue weighted by Gasteiger charge is -2.11. The second-order valence-electron chi connectivity index (χ2n) is 4.01. The zero-order chi connectivity index (χ0) is 13.1. The Morgan fingerprint density at radius 1 is 1.28 bits per heavy atom. The van der Waals surface area contributed by atoms with Crippen LogP contribution in [0.15, 0.2) is 34.9 Å². The molecule has 0 fully saturated rings. The van der Waals surface area contributed by atoms with Crippen LogP contribution in [0.2, 0.25) is 0 Å². The fourth-order valence-corrected chi connectivity index (χ4v) is 1.54. The van der Waals surface area contributed by atoms with Gasteiger partial charge in [0, 0.05) is 31.4 Å². The summed E-state index contributed by atoms with van der Waals surface area (Å²) in [5, 5.41) is 3.84. The normalized spacial score (nSPS) is 10.2. The van der Waals surface area contributed by atoms with Crippen LogP contribution in [0.1, 0.15) is 10.6 Å². The third kappa shape index (κ3) is 2.34. The Morgan fingerprint density at radius 2 is 1.94 bits per heavy atom. The van der Waals surface area contributed by atoms with Gasteiger partial charge in [-0.1, -0.05) is 17.3 Å². The van der Waals surface area contributed by atoms with Crippen molar-refractivity contribution in [2.75, 3.05) is 26.1 Å². The van der Waals surface area contributed by atoms with Crippen molar-refractivity contribution in [2.45, 2.75) is 0 Å². The summed E-state index contributed by atoms with van der Waals surface area (Å²) in [4.78, 5) is 13.2. The van der Waals surface area contributed by atoms with Crippen LogP contribution >= 0.6 is 0 Å². The summed E-state index contributed by atoms with van der Waals surface area (Å²) in [6.07, 6.45) is 0.